The Morgan fingerprint density at radius 2 is 1.82 bits per heavy atom. The van der Waals surface area contributed by atoms with E-state index in [1.54, 1.807) is 13.8 Å². The van der Waals surface area contributed by atoms with E-state index >= 15 is 0 Å². The van der Waals surface area contributed by atoms with Crippen LogP contribution in [0.2, 0.25) is 0 Å². The summed E-state index contributed by atoms with van der Waals surface area (Å²) in [5.74, 6) is -1.14. The summed E-state index contributed by atoms with van der Waals surface area (Å²) in [6.45, 7) is 3.47. The van der Waals surface area contributed by atoms with Gasteiger partial charge in [-0.25, -0.2) is 0 Å². The van der Waals surface area contributed by atoms with Crippen LogP contribution >= 0.6 is 0 Å². The lowest BCUT2D eigenvalue weighted by molar-refractivity contribution is -0.209. The van der Waals surface area contributed by atoms with Gasteiger partial charge in [0.25, 0.3) is 0 Å². The van der Waals surface area contributed by atoms with Gasteiger partial charge in [-0.05, 0) is 38.7 Å². The van der Waals surface area contributed by atoms with Crippen molar-refractivity contribution in [1.29, 1.82) is 0 Å². The standard InChI is InChI=1S/C14H22O3/c1-14(2,16)17-13(10-6-7-11-15)12-8-4-3-5-9-12/h3-5,8-9,13,15-16H,6-7,10-11H2,1-2H3. The second-order valence-electron chi connectivity index (χ2n) is 4.68. The molecule has 0 saturated heterocycles. The highest BCUT2D eigenvalue weighted by Gasteiger charge is 2.21. The first-order valence-corrected chi connectivity index (χ1v) is 6.09. The first kappa shape index (κ1) is 14.2. The summed E-state index contributed by atoms with van der Waals surface area (Å²) in [4.78, 5) is 0. The van der Waals surface area contributed by atoms with E-state index in [4.69, 9.17) is 9.84 Å². The molecule has 1 rings (SSSR count). The zero-order chi connectivity index (χ0) is 12.7. The van der Waals surface area contributed by atoms with E-state index < -0.39 is 5.79 Å². The summed E-state index contributed by atoms with van der Waals surface area (Å²) >= 11 is 0. The quantitative estimate of drug-likeness (QED) is 0.567. The minimum absolute atomic E-state index is 0.122. The minimum Gasteiger partial charge on any atom is -0.396 e. The number of hydrogen-bond acceptors (Lipinski definition) is 3. The third-order valence-corrected chi connectivity index (χ3v) is 2.48. The van der Waals surface area contributed by atoms with Crippen LogP contribution in [-0.4, -0.2) is 22.6 Å². The van der Waals surface area contributed by atoms with E-state index in [-0.39, 0.29) is 12.7 Å². The van der Waals surface area contributed by atoms with Gasteiger partial charge in [-0.2, -0.15) is 0 Å². The maximum Gasteiger partial charge on any atom is 0.160 e. The molecular weight excluding hydrogens is 216 g/mol. The molecule has 0 heterocycles. The number of ether oxygens (including phenoxy) is 1. The Morgan fingerprint density at radius 1 is 1.18 bits per heavy atom. The van der Waals surface area contributed by atoms with Crippen molar-refractivity contribution in [3.05, 3.63) is 35.9 Å². The van der Waals surface area contributed by atoms with Gasteiger partial charge in [0.1, 0.15) is 0 Å². The highest BCUT2D eigenvalue weighted by molar-refractivity contribution is 5.17. The Kier molecular flexibility index (Phi) is 5.62. The predicted octanol–water partition coefficient (Wildman–Crippen LogP) is 2.64. The van der Waals surface area contributed by atoms with Crippen LogP contribution < -0.4 is 0 Å². The highest BCUT2D eigenvalue weighted by Crippen LogP contribution is 2.27. The minimum atomic E-state index is -1.14. The molecule has 0 radical (unpaired) electrons. The number of rotatable bonds is 7. The largest absolute Gasteiger partial charge is 0.396 e. The molecule has 2 N–H and O–H groups in total. The van der Waals surface area contributed by atoms with E-state index in [1.807, 2.05) is 30.3 Å². The Bertz CT molecular complexity index is 303. The Morgan fingerprint density at radius 3 is 2.35 bits per heavy atom. The van der Waals surface area contributed by atoms with Crippen molar-refractivity contribution in [3.8, 4) is 0 Å². The molecule has 17 heavy (non-hydrogen) atoms. The van der Waals surface area contributed by atoms with Crippen LogP contribution in [-0.2, 0) is 4.74 Å². The van der Waals surface area contributed by atoms with Gasteiger partial charge in [0.05, 0.1) is 6.10 Å². The fraction of sp³-hybridized carbons (Fsp3) is 0.571. The van der Waals surface area contributed by atoms with Gasteiger partial charge in [-0.3, -0.25) is 0 Å². The maximum absolute atomic E-state index is 9.73. The lowest BCUT2D eigenvalue weighted by Crippen LogP contribution is -2.26. The predicted molar refractivity (Wildman–Crippen MR) is 67.5 cm³/mol. The van der Waals surface area contributed by atoms with E-state index in [2.05, 4.69) is 0 Å². The molecule has 0 spiro atoms. The van der Waals surface area contributed by atoms with Gasteiger partial charge < -0.3 is 14.9 Å². The molecule has 1 atom stereocenters. The number of benzene rings is 1. The van der Waals surface area contributed by atoms with Gasteiger partial charge in [0.2, 0.25) is 0 Å². The average molecular weight is 238 g/mol. The smallest absolute Gasteiger partial charge is 0.160 e. The summed E-state index contributed by atoms with van der Waals surface area (Å²) in [5, 5.41) is 18.5. The molecule has 96 valence electrons. The van der Waals surface area contributed by atoms with Crippen LogP contribution in [0.3, 0.4) is 0 Å². The summed E-state index contributed by atoms with van der Waals surface area (Å²) in [6, 6.07) is 9.87. The normalized spacial score (nSPS) is 13.6. The zero-order valence-electron chi connectivity index (χ0n) is 10.6. The Labute approximate surface area is 103 Å². The third-order valence-electron chi connectivity index (χ3n) is 2.48. The molecule has 0 aliphatic carbocycles. The zero-order valence-corrected chi connectivity index (χ0v) is 10.6. The van der Waals surface area contributed by atoms with Crippen molar-refractivity contribution >= 4 is 0 Å². The van der Waals surface area contributed by atoms with Crippen molar-refractivity contribution < 1.29 is 14.9 Å². The lowest BCUT2D eigenvalue weighted by Gasteiger charge is -2.26. The van der Waals surface area contributed by atoms with Crippen molar-refractivity contribution in [2.24, 2.45) is 0 Å². The van der Waals surface area contributed by atoms with Crippen LogP contribution in [0.4, 0.5) is 0 Å². The molecule has 0 saturated carbocycles. The molecule has 0 fully saturated rings. The number of aliphatic hydroxyl groups excluding tert-OH is 1. The van der Waals surface area contributed by atoms with E-state index in [1.165, 1.54) is 0 Å². The highest BCUT2D eigenvalue weighted by atomic mass is 16.6. The van der Waals surface area contributed by atoms with Gasteiger partial charge in [0.15, 0.2) is 5.79 Å². The number of hydrogen-bond donors (Lipinski definition) is 2. The average Bonchev–Trinajstić information content (AvgIpc) is 2.28. The second kappa shape index (κ2) is 6.74. The second-order valence-corrected chi connectivity index (χ2v) is 4.68. The Balaban J connectivity index is 2.65. The van der Waals surface area contributed by atoms with E-state index in [9.17, 15) is 5.11 Å². The molecule has 1 aromatic carbocycles. The molecule has 1 aromatic rings. The molecule has 3 heteroatoms. The van der Waals surface area contributed by atoms with Gasteiger partial charge >= 0.3 is 0 Å². The third kappa shape index (κ3) is 5.82. The van der Waals surface area contributed by atoms with Gasteiger partial charge in [0, 0.05) is 6.61 Å². The molecule has 0 amide bonds. The van der Waals surface area contributed by atoms with E-state index in [0.717, 1.165) is 24.8 Å². The topological polar surface area (TPSA) is 49.7 Å². The van der Waals surface area contributed by atoms with Gasteiger partial charge in [-0.15, -0.1) is 0 Å². The van der Waals surface area contributed by atoms with E-state index in [0.29, 0.717) is 0 Å². The van der Waals surface area contributed by atoms with Crippen LogP contribution in [0.5, 0.6) is 0 Å². The van der Waals surface area contributed by atoms with Crippen LogP contribution in [0.15, 0.2) is 30.3 Å². The molecule has 0 aliphatic heterocycles. The van der Waals surface area contributed by atoms with Crippen LogP contribution in [0, 0.1) is 0 Å². The Hall–Kier alpha value is -0.900. The molecule has 1 unspecified atom stereocenters. The monoisotopic (exact) mass is 238 g/mol. The van der Waals surface area contributed by atoms with Crippen LogP contribution in [0.25, 0.3) is 0 Å². The van der Waals surface area contributed by atoms with Crippen molar-refractivity contribution in [3.63, 3.8) is 0 Å². The van der Waals surface area contributed by atoms with Crippen molar-refractivity contribution in [2.45, 2.75) is 45.0 Å². The van der Waals surface area contributed by atoms with Gasteiger partial charge in [-0.1, -0.05) is 30.3 Å². The molecule has 0 bridgehead atoms. The molecule has 0 aliphatic rings. The molecule has 0 aromatic heterocycles. The number of unbranched alkanes of at least 4 members (excludes halogenated alkanes) is 1. The molecular formula is C14H22O3. The van der Waals surface area contributed by atoms with Crippen molar-refractivity contribution in [2.75, 3.05) is 6.61 Å². The van der Waals surface area contributed by atoms with Crippen molar-refractivity contribution in [1.82, 2.24) is 0 Å². The van der Waals surface area contributed by atoms with Crippen LogP contribution in [0.1, 0.15) is 44.8 Å². The fourth-order valence-corrected chi connectivity index (χ4v) is 1.75. The maximum atomic E-state index is 9.73. The summed E-state index contributed by atoms with van der Waals surface area (Å²) in [7, 11) is 0. The molecule has 3 nitrogen and oxygen atoms in total. The number of aliphatic hydroxyl groups is 2. The summed E-state index contributed by atoms with van der Waals surface area (Å²) < 4.78 is 5.64. The summed E-state index contributed by atoms with van der Waals surface area (Å²) in [6.07, 6.45) is 2.32. The summed E-state index contributed by atoms with van der Waals surface area (Å²) in [5.41, 5.74) is 1.06. The first-order valence-electron chi connectivity index (χ1n) is 6.09. The first-order chi connectivity index (χ1) is 8.03. The SMILES string of the molecule is CC(C)(O)OC(CCCCO)c1ccccc1. The lowest BCUT2D eigenvalue weighted by atomic mass is 10.0. The fourth-order valence-electron chi connectivity index (χ4n) is 1.75.